The first-order chi connectivity index (χ1) is 12.2. The molecule has 1 aromatic heterocycles. The summed E-state index contributed by atoms with van der Waals surface area (Å²) >= 11 is 0. The van der Waals surface area contributed by atoms with Crippen LogP contribution in [0.3, 0.4) is 0 Å². The highest BCUT2D eigenvalue weighted by Crippen LogP contribution is 2.16. The number of nitrogens with zero attached hydrogens (tertiary/aromatic N) is 2. The van der Waals surface area contributed by atoms with E-state index in [1.807, 2.05) is 18.2 Å². The zero-order chi connectivity index (χ0) is 17.2. The van der Waals surface area contributed by atoms with Crippen molar-refractivity contribution in [1.29, 1.82) is 0 Å². The predicted molar refractivity (Wildman–Crippen MR) is 95.4 cm³/mol. The number of hydrogen-bond donors (Lipinski definition) is 2. The van der Waals surface area contributed by atoms with Crippen LogP contribution in [-0.4, -0.2) is 26.7 Å². The molecule has 2 heterocycles. The van der Waals surface area contributed by atoms with Gasteiger partial charge < -0.3 is 5.32 Å². The van der Waals surface area contributed by atoms with Crippen molar-refractivity contribution in [3.05, 3.63) is 64.3 Å². The highest BCUT2D eigenvalue weighted by Gasteiger charge is 2.20. The third kappa shape index (κ3) is 3.33. The Hall–Kier alpha value is -2.89. The largest absolute Gasteiger partial charge is 0.353 e. The Labute approximate surface area is 144 Å². The Kier molecular flexibility index (Phi) is 4.09. The van der Waals surface area contributed by atoms with E-state index in [1.54, 1.807) is 4.57 Å². The Morgan fingerprint density at radius 1 is 1.20 bits per heavy atom. The van der Waals surface area contributed by atoms with Crippen LogP contribution < -0.4 is 11.0 Å². The van der Waals surface area contributed by atoms with Gasteiger partial charge >= 0.3 is 5.69 Å². The first kappa shape index (κ1) is 15.6. The van der Waals surface area contributed by atoms with Gasteiger partial charge in [-0.15, -0.1) is 0 Å². The van der Waals surface area contributed by atoms with Crippen molar-refractivity contribution in [2.24, 2.45) is 0 Å². The summed E-state index contributed by atoms with van der Waals surface area (Å²) in [5, 5.41) is 11.9. The van der Waals surface area contributed by atoms with Crippen LogP contribution in [0.2, 0.25) is 0 Å². The topological polar surface area (TPSA) is 79.8 Å². The number of amides is 1. The van der Waals surface area contributed by atoms with Crippen LogP contribution >= 0.6 is 0 Å². The van der Waals surface area contributed by atoms with E-state index < -0.39 is 0 Å². The molecule has 0 aliphatic carbocycles. The molecule has 1 aliphatic rings. The number of nitrogens with one attached hydrogen (secondary N) is 2. The van der Waals surface area contributed by atoms with Gasteiger partial charge in [0.15, 0.2) is 0 Å². The van der Waals surface area contributed by atoms with Gasteiger partial charge in [-0.05, 0) is 29.2 Å². The van der Waals surface area contributed by atoms with Gasteiger partial charge in [-0.3, -0.25) is 9.36 Å². The molecule has 6 nitrogen and oxygen atoms in total. The van der Waals surface area contributed by atoms with Crippen molar-refractivity contribution in [2.45, 2.75) is 38.3 Å². The summed E-state index contributed by atoms with van der Waals surface area (Å²) in [6.45, 7) is 0.589. The molecule has 2 aromatic carbocycles. The van der Waals surface area contributed by atoms with Crippen LogP contribution in [0, 0.1) is 0 Å². The van der Waals surface area contributed by atoms with Crippen molar-refractivity contribution in [1.82, 2.24) is 20.1 Å². The second-order valence-electron chi connectivity index (χ2n) is 6.55. The normalized spacial score (nSPS) is 17.0. The second-order valence-corrected chi connectivity index (χ2v) is 6.55. The van der Waals surface area contributed by atoms with Crippen LogP contribution in [0.1, 0.15) is 24.2 Å². The van der Waals surface area contributed by atoms with Crippen molar-refractivity contribution < 1.29 is 4.79 Å². The van der Waals surface area contributed by atoms with Crippen LogP contribution in [0.5, 0.6) is 0 Å². The molecule has 0 radical (unpaired) electrons. The van der Waals surface area contributed by atoms with Crippen LogP contribution in [0.15, 0.2) is 47.3 Å². The molecule has 1 unspecified atom stereocenters. The highest BCUT2D eigenvalue weighted by molar-refractivity contribution is 5.85. The maximum atomic E-state index is 12.4. The van der Waals surface area contributed by atoms with Crippen molar-refractivity contribution >= 4 is 16.7 Å². The minimum Gasteiger partial charge on any atom is -0.353 e. The van der Waals surface area contributed by atoms with E-state index in [0.717, 1.165) is 29.6 Å². The fraction of sp³-hybridized carbons (Fsp3) is 0.316. The average molecular weight is 336 g/mol. The minimum absolute atomic E-state index is 0.0220. The number of aromatic nitrogens is 3. The van der Waals surface area contributed by atoms with Crippen molar-refractivity contribution in [3.63, 3.8) is 0 Å². The molecule has 3 aromatic rings. The summed E-state index contributed by atoms with van der Waals surface area (Å²) in [6, 6.07) is 14.3. The number of fused-ring (bicyclic) bond motifs is 2. The number of rotatable bonds is 3. The predicted octanol–water partition coefficient (Wildman–Crippen LogP) is 1.79. The lowest BCUT2D eigenvalue weighted by atomic mass is 10.0. The minimum atomic E-state index is -0.168. The maximum absolute atomic E-state index is 12.4. The molecular formula is C19H20N4O2. The molecule has 0 bridgehead atoms. The third-order valence-corrected chi connectivity index (χ3v) is 4.80. The molecule has 1 atom stereocenters. The fourth-order valence-electron chi connectivity index (χ4n) is 3.46. The summed E-state index contributed by atoms with van der Waals surface area (Å²) < 4.78 is 1.66. The summed E-state index contributed by atoms with van der Waals surface area (Å²) in [4.78, 5) is 24.1. The molecular weight excluding hydrogens is 316 g/mol. The Balaban J connectivity index is 1.39. The Morgan fingerprint density at radius 3 is 2.92 bits per heavy atom. The molecule has 0 fully saturated rings. The lowest BCUT2D eigenvalue weighted by Crippen LogP contribution is -2.36. The smallest absolute Gasteiger partial charge is 0.343 e. The van der Waals surface area contributed by atoms with E-state index in [-0.39, 0.29) is 17.6 Å². The molecule has 6 heteroatoms. The van der Waals surface area contributed by atoms with E-state index in [0.29, 0.717) is 19.4 Å². The van der Waals surface area contributed by atoms with Gasteiger partial charge in [0.2, 0.25) is 5.91 Å². The van der Waals surface area contributed by atoms with Gasteiger partial charge in [-0.2, -0.15) is 5.10 Å². The summed E-state index contributed by atoms with van der Waals surface area (Å²) in [6.07, 6.45) is 2.61. The molecule has 1 aliphatic heterocycles. The summed E-state index contributed by atoms with van der Waals surface area (Å²) in [5.74, 6) is 0.796. The monoisotopic (exact) mass is 336 g/mol. The molecule has 2 N–H and O–H groups in total. The quantitative estimate of drug-likeness (QED) is 0.765. The number of carbonyl (C=O) groups is 1. The van der Waals surface area contributed by atoms with E-state index in [1.165, 1.54) is 5.39 Å². The number of carbonyl (C=O) groups excluding carboxylic acids is 1. The lowest BCUT2D eigenvalue weighted by molar-refractivity contribution is -0.121. The fourth-order valence-corrected chi connectivity index (χ4v) is 3.46. The molecule has 0 saturated carbocycles. The number of aryl methyl sites for hydroxylation is 1. The molecule has 0 saturated heterocycles. The number of benzene rings is 2. The lowest BCUT2D eigenvalue weighted by Gasteiger charge is -2.16. The Morgan fingerprint density at radius 2 is 2.04 bits per heavy atom. The van der Waals surface area contributed by atoms with Crippen molar-refractivity contribution in [2.75, 3.05) is 0 Å². The standard InChI is InChI=1S/C19H20N4O2/c24-18(12-13-5-6-14-3-1-2-4-15(14)11-13)20-16-7-8-17-21-22-19(25)23(17)10-9-16/h1-6,11,16H,7-10,12H2,(H,20,24)(H,22,25). The average Bonchev–Trinajstić information content (AvgIpc) is 2.84. The maximum Gasteiger partial charge on any atom is 0.343 e. The number of aromatic amines is 1. The van der Waals surface area contributed by atoms with Crippen molar-refractivity contribution in [3.8, 4) is 0 Å². The first-order valence-electron chi connectivity index (χ1n) is 8.60. The van der Waals surface area contributed by atoms with E-state index >= 15 is 0 Å². The van der Waals surface area contributed by atoms with E-state index in [9.17, 15) is 9.59 Å². The number of hydrogen-bond acceptors (Lipinski definition) is 3. The second kappa shape index (κ2) is 6.55. The molecule has 0 spiro atoms. The van der Waals surface area contributed by atoms with E-state index in [4.69, 9.17) is 0 Å². The summed E-state index contributed by atoms with van der Waals surface area (Å²) in [5.41, 5.74) is 0.840. The van der Waals surface area contributed by atoms with Gasteiger partial charge in [0.25, 0.3) is 0 Å². The zero-order valence-corrected chi connectivity index (χ0v) is 13.9. The SMILES string of the molecule is O=C(Cc1ccc2ccccc2c1)NC1CCc2n[nH]c(=O)n2CC1. The zero-order valence-electron chi connectivity index (χ0n) is 13.9. The van der Waals surface area contributed by atoms with Crippen LogP contribution in [-0.2, 0) is 24.2 Å². The van der Waals surface area contributed by atoms with Crippen LogP contribution in [0.25, 0.3) is 10.8 Å². The first-order valence-corrected chi connectivity index (χ1v) is 8.60. The van der Waals surface area contributed by atoms with Gasteiger partial charge in [0.1, 0.15) is 5.82 Å². The van der Waals surface area contributed by atoms with Gasteiger partial charge in [-0.25, -0.2) is 9.89 Å². The molecule has 1 amide bonds. The highest BCUT2D eigenvalue weighted by atomic mass is 16.2. The summed E-state index contributed by atoms with van der Waals surface area (Å²) in [7, 11) is 0. The van der Waals surface area contributed by atoms with Gasteiger partial charge in [0, 0.05) is 19.0 Å². The Bertz CT molecular complexity index is 973. The van der Waals surface area contributed by atoms with Gasteiger partial charge in [-0.1, -0.05) is 42.5 Å². The molecule has 25 heavy (non-hydrogen) atoms. The molecule has 128 valence electrons. The van der Waals surface area contributed by atoms with E-state index in [2.05, 4.69) is 39.8 Å². The van der Waals surface area contributed by atoms with Gasteiger partial charge in [0.05, 0.1) is 6.42 Å². The molecule has 4 rings (SSSR count). The number of H-pyrrole nitrogens is 1. The van der Waals surface area contributed by atoms with Crippen LogP contribution in [0.4, 0.5) is 0 Å². The third-order valence-electron chi connectivity index (χ3n) is 4.80.